The number of hydrogen-bond acceptors (Lipinski definition) is 3. The van der Waals surface area contributed by atoms with Crippen molar-refractivity contribution < 1.29 is 0 Å². The SMILES string of the molecule is CC12CC=CC=C1c1ccc(-c3ccc4c(c3)c3ccccc3n4-c3cccc(-c4nc(-c5ccccc5)cc(-c5ccccc5)n4)c3)cc1N2c1ccccc1. The molecule has 270 valence electrons. The van der Waals surface area contributed by atoms with Gasteiger partial charge in [-0.1, -0.05) is 146 Å². The molecule has 0 saturated heterocycles. The number of hydrogen-bond donors (Lipinski definition) is 0. The standard InChI is InChI=1S/C53H38N4/c1-53-31-14-13-25-46(53)44-29-27-39(34-51(44)57(53)41-21-9-4-10-22-41)38-28-30-50-45(33-38)43-24-11-12-26-49(43)56(50)42-23-15-20-40(32-42)52-54-47(36-16-5-2-6-17-36)35-48(55-52)37-18-7-3-8-19-37/h2-30,32-35H,31H2,1H3. The highest BCUT2D eigenvalue weighted by molar-refractivity contribution is 6.10. The summed E-state index contributed by atoms with van der Waals surface area (Å²) in [5.74, 6) is 0.696. The zero-order valence-electron chi connectivity index (χ0n) is 31.5. The monoisotopic (exact) mass is 730 g/mol. The Bertz CT molecular complexity index is 2990. The summed E-state index contributed by atoms with van der Waals surface area (Å²) in [5, 5.41) is 2.44. The molecule has 0 fully saturated rings. The third-order valence-corrected chi connectivity index (χ3v) is 11.8. The van der Waals surface area contributed by atoms with Crippen molar-refractivity contribution in [3.05, 3.63) is 206 Å². The number of para-hydroxylation sites is 2. The molecule has 0 saturated carbocycles. The van der Waals surface area contributed by atoms with Crippen molar-refractivity contribution in [2.75, 3.05) is 4.90 Å². The summed E-state index contributed by atoms with van der Waals surface area (Å²) in [5.41, 5.74) is 15.7. The molecule has 4 nitrogen and oxygen atoms in total. The number of nitrogens with zero attached hydrogens (tertiary/aromatic N) is 4. The number of aromatic nitrogens is 3. The van der Waals surface area contributed by atoms with Crippen LogP contribution in [0.4, 0.5) is 11.4 Å². The zero-order valence-corrected chi connectivity index (χ0v) is 31.5. The van der Waals surface area contributed by atoms with Crippen molar-refractivity contribution in [1.82, 2.24) is 14.5 Å². The normalized spacial score (nSPS) is 15.8. The second kappa shape index (κ2) is 13.2. The Morgan fingerprint density at radius 3 is 1.86 bits per heavy atom. The number of allylic oxidation sites excluding steroid dienone is 2. The minimum Gasteiger partial charge on any atom is -0.331 e. The smallest absolute Gasteiger partial charge is 0.160 e. The summed E-state index contributed by atoms with van der Waals surface area (Å²) in [6.07, 6.45) is 7.76. The van der Waals surface area contributed by atoms with Crippen LogP contribution in [0.2, 0.25) is 0 Å². The molecule has 4 heteroatoms. The van der Waals surface area contributed by atoms with Gasteiger partial charge < -0.3 is 9.47 Å². The van der Waals surface area contributed by atoms with Gasteiger partial charge in [-0.15, -0.1) is 0 Å². The first kappa shape index (κ1) is 33.1. The molecule has 0 spiro atoms. The summed E-state index contributed by atoms with van der Waals surface area (Å²) in [6, 6.07) is 64.9. The Morgan fingerprint density at radius 1 is 0.491 bits per heavy atom. The van der Waals surface area contributed by atoms with Crippen LogP contribution < -0.4 is 4.90 Å². The molecule has 57 heavy (non-hydrogen) atoms. The topological polar surface area (TPSA) is 34.0 Å². The van der Waals surface area contributed by atoms with E-state index in [1.54, 1.807) is 0 Å². The lowest BCUT2D eigenvalue weighted by Gasteiger charge is -2.39. The molecular formula is C53H38N4. The molecule has 2 aromatic heterocycles. The van der Waals surface area contributed by atoms with Crippen LogP contribution in [0.25, 0.3) is 78.1 Å². The summed E-state index contributed by atoms with van der Waals surface area (Å²) in [4.78, 5) is 12.8. The average Bonchev–Trinajstić information content (AvgIpc) is 3.75. The molecule has 0 N–H and O–H groups in total. The van der Waals surface area contributed by atoms with E-state index in [4.69, 9.17) is 9.97 Å². The Hall–Kier alpha value is -7.30. The van der Waals surface area contributed by atoms with Gasteiger partial charge in [0.1, 0.15) is 0 Å². The third-order valence-electron chi connectivity index (χ3n) is 11.8. The van der Waals surface area contributed by atoms with Gasteiger partial charge in [-0.25, -0.2) is 9.97 Å². The maximum absolute atomic E-state index is 5.14. The minimum absolute atomic E-state index is 0.139. The van der Waals surface area contributed by atoms with Crippen molar-refractivity contribution in [3.8, 4) is 50.7 Å². The lowest BCUT2D eigenvalue weighted by molar-refractivity contribution is 0.607. The van der Waals surface area contributed by atoms with Crippen LogP contribution >= 0.6 is 0 Å². The maximum atomic E-state index is 5.14. The predicted octanol–water partition coefficient (Wildman–Crippen LogP) is 13.5. The van der Waals surface area contributed by atoms with E-state index in [0.29, 0.717) is 5.82 Å². The molecule has 1 aliphatic heterocycles. The molecule has 9 aromatic rings. The van der Waals surface area contributed by atoms with Crippen molar-refractivity contribution >= 4 is 38.8 Å². The van der Waals surface area contributed by atoms with E-state index < -0.39 is 0 Å². The van der Waals surface area contributed by atoms with Crippen LogP contribution in [-0.4, -0.2) is 20.1 Å². The first-order chi connectivity index (χ1) is 28.1. The quantitative estimate of drug-likeness (QED) is 0.171. The fourth-order valence-electron chi connectivity index (χ4n) is 9.04. The van der Waals surface area contributed by atoms with Crippen LogP contribution in [0.5, 0.6) is 0 Å². The van der Waals surface area contributed by atoms with Crippen LogP contribution in [0, 0.1) is 0 Å². The molecule has 11 rings (SSSR count). The lowest BCUT2D eigenvalue weighted by Crippen LogP contribution is -2.40. The van der Waals surface area contributed by atoms with Crippen LogP contribution in [0.1, 0.15) is 18.9 Å². The number of fused-ring (bicyclic) bond motifs is 6. The zero-order chi connectivity index (χ0) is 37.9. The van der Waals surface area contributed by atoms with Gasteiger partial charge in [0.05, 0.1) is 33.6 Å². The molecular weight excluding hydrogens is 693 g/mol. The highest BCUT2D eigenvalue weighted by Gasteiger charge is 2.45. The van der Waals surface area contributed by atoms with E-state index in [9.17, 15) is 0 Å². The molecule has 1 atom stereocenters. The maximum Gasteiger partial charge on any atom is 0.160 e. The molecule has 1 unspecified atom stereocenters. The molecule has 2 aliphatic rings. The molecule has 3 heterocycles. The van der Waals surface area contributed by atoms with E-state index in [1.807, 2.05) is 12.1 Å². The van der Waals surface area contributed by atoms with E-state index in [0.717, 1.165) is 51.2 Å². The van der Waals surface area contributed by atoms with E-state index in [-0.39, 0.29) is 5.54 Å². The summed E-state index contributed by atoms with van der Waals surface area (Å²) < 4.78 is 2.38. The third kappa shape index (κ3) is 5.44. The van der Waals surface area contributed by atoms with Crippen molar-refractivity contribution in [1.29, 1.82) is 0 Å². The van der Waals surface area contributed by atoms with Crippen LogP contribution in [0.15, 0.2) is 200 Å². The lowest BCUT2D eigenvalue weighted by atomic mass is 9.83. The molecule has 1 aliphatic carbocycles. The van der Waals surface area contributed by atoms with Gasteiger partial charge in [-0.05, 0) is 84.6 Å². The van der Waals surface area contributed by atoms with Gasteiger partial charge in [-0.2, -0.15) is 0 Å². The van der Waals surface area contributed by atoms with Gasteiger partial charge in [0.2, 0.25) is 0 Å². The second-order valence-electron chi connectivity index (χ2n) is 15.2. The Labute approximate surface area is 332 Å². The van der Waals surface area contributed by atoms with Gasteiger partial charge in [-0.3, -0.25) is 0 Å². The second-order valence-corrected chi connectivity index (χ2v) is 15.2. The van der Waals surface area contributed by atoms with Crippen molar-refractivity contribution in [2.24, 2.45) is 0 Å². The summed E-state index contributed by atoms with van der Waals surface area (Å²) >= 11 is 0. The molecule has 0 amide bonds. The summed E-state index contributed by atoms with van der Waals surface area (Å²) in [6.45, 7) is 2.37. The Balaban J connectivity index is 1.03. The number of anilines is 2. The fourth-order valence-corrected chi connectivity index (χ4v) is 9.04. The molecule has 0 radical (unpaired) electrons. The first-order valence-electron chi connectivity index (χ1n) is 19.6. The summed E-state index contributed by atoms with van der Waals surface area (Å²) in [7, 11) is 0. The van der Waals surface area contributed by atoms with Crippen molar-refractivity contribution in [3.63, 3.8) is 0 Å². The highest BCUT2D eigenvalue weighted by Crippen LogP contribution is 2.54. The van der Waals surface area contributed by atoms with Crippen molar-refractivity contribution in [2.45, 2.75) is 18.9 Å². The van der Waals surface area contributed by atoms with Gasteiger partial charge >= 0.3 is 0 Å². The highest BCUT2D eigenvalue weighted by atomic mass is 15.2. The first-order valence-corrected chi connectivity index (χ1v) is 19.6. The van der Waals surface area contributed by atoms with E-state index in [2.05, 4.69) is 204 Å². The van der Waals surface area contributed by atoms with E-state index >= 15 is 0 Å². The predicted molar refractivity (Wildman–Crippen MR) is 237 cm³/mol. The molecule has 0 bridgehead atoms. The van der Waals surface area contributed by atoms with Gasteiger partial charge in [0.15, 0.2) is 5.82 Å². The van der Waals surface area contributed by atoms with Gasteiger partial charge in [0, 0.05) is 44.4 Å². The molecule has 7 aromatic carbocycles. The Kier molecular flexibility index (Phi) is 7.65. The van der Waals surface area contributed by atoms with Crippen LogP contribution in [-0.2, 0) is 0 Å². The number of benzene rings is 7. The van der Waals surface area contributed by atoms with Gasteiger partial charge in [0.25, 0.3) is 0 Å². The van der Waals surface area contributed by atoms with Crippen LogP contribution in [0.3, 0.4) is 0 Å². The minimum atomic E-state index is -0.139. The largest absolute Gasteiger partial charge is 0.331 e. The van der Waals surface area contributed by atoms with E-state index in [1.165, 1.54) is 44.4 Å². The number of rotatable bonds is 6. The fraction of sp³-hybridized carbons (Fsp3) is 0.0566. The Morgan fingerprint density at radius 2 is 1.11 bits per heavy atom. The average molecular weight is 731 g/mol.